The summed E-state index contributed by atoms with van der Waals surface area (Å²) in [7, 11) is 0. The fourth-order valence-corrected chi connectivity index (χ4v) is 4.57. The van der Waals surface area contributed by atoms with Crippen LogP contribution in [0.1, 0.15) is 43.7 Å². The van der Waals surface area contributed by atoms with Crippen molar-refractivity contribution in [2.24, 2.45) is 5.73 Å². The van der Waals surface area contributed by atoms with Crippen molar-refractivity contribution in [3.63, 3.8) is 0 Å². The van der Waals surface area contributed by atoms with Gasteiger partial charge in [-0.15, -0.1) is 11.3 Å². The average molecular weight is 583 g/mol. The van der Waals surface area contributed by atoms with E-state index in [-0.39, 0.29) is 27.8 Å². The Kier molecular flexibility index (Phi) is 6.61. The molecule has 2 amide bonds. The molecule has 0 aliphatic heterocycles. The molecule has 3 N–H and O–H groups in total. The molecule has 33 heavy (non-hydrogen) atoms. The van der Waals surface area contributed by atoms with Crippen molar-refractivity contribution >= 4 is 61.6 Å². The summed E-state index contributed by atoms with van der Waals surface area (Å²) in [5, 5.41) is 3.00. The monoisotopic (exact) mass is 583 g/mol. The lowest BCUT2D eigenvalue weighted by Gasteiger charge is -2.07. The minimum atomic E-state index is -2.77. The van der Waals surface area contributed by atoms with Crippen LogP contribution in [-0.4, -0.2) is 16.8 Å². The van der Waals surface area contributed by atoms with Gasteiger partial charge in [-0.2, -0.15) is 0 Å². The number of pyridine rings is 1. The molecule has 0 aliphatic carbocycles. The minimum Gasteiger partial charge on any atom is -0.486 e. The number of aryl methyl sites for hydroxylation is 1. The number of ether oxygens (including phenoxy) is 1. The summed E-state index contributed by atoms with van der Waals surface area (Å²) in [4.78, 5) is 28.9. The van der Waals surface area contributed by atoms with Crippen molar-refractivity contribution in [1.82, 2.24) is 4.98 Å². The number of nitrogens with zero attached hydrogens (tertiary/aromatic N) is 1. The van der Waals surface area contributed by atoms with Crippen LogP contribution < -0.4 is 15.8 Å². The van der Waals surface area contributed by atoms with Gasteiger partial charge in [-0.05, 0) is 77.5 Å². The van der Waals surface area contributed by atoms with Gasteiger partial charge in [0.25, 0.3) is 18.2 Å². The normalized spacial score (nSPS) is 11.2. The summed E-state index contributed by atoms with van der Waals surface area (Å²) in [5.41, 5.74) is 5.58. The van der Waals surface area contributed by atoms with Gasteiger partial charge in [0, 0.05) is 8.96 Å². The zero-order valence-corrected chi connectivity index (χ0v) is 20.0. The Bertz CT molecular complexity index is 1350. The van der Waals surface area contributed by atoms with Crippen LogP contribution in [0.15, 0.2) is 46.9 Å². The fourth-order valence-electron chi connectivity index (χ4n) is 3.15. The van der Waals surface area contributed by atoms with Gasteiger partial charge < -0.3 is 20.2 Å². The quantitative estimate of drug-likeness (QED) is 0.273. The van der Waals surface area contributed by atoms with Crippen molar-refractivity contribution in [3.8, 4) is 5.75 Å². The molecule has 7 nitrogen and oxygen atoms in total. The standard InChI is InChI=1S/C22H16F2IN3O4S/c1-10-8-14(19(23)24)27-22-16(10)17(18(33-22)20(26)29)28-21(30)15-7-6-13(32-15)9-31-12-4-2-11(25)3-5-12/h2-8,19H,9H2,1H3,(H2,26,29)(H,28,30). The molecule has 0 unspecified atom stereocenters. The van der Waals surface area contributed by atoms with Gasteiger partial charge in [-0.3, -0.25) is 9.59 Å². The first-order valence-electron chi connectivity index (χ1n) is 9.53. The molecule has 0 radical (unpaired) electrons. The van der Waals surface area contributed by atoms with E-state index in [0.29, 0.717) is 22.5 Å². The van der Waals surface area contributed by atoms with E-state index in [2.05, 4.69) is 32.9 Å². The number of benzene rings is 1. The van der Waals surface area contributed by atoms with E-state index in [4.69, 9.17) is 14.9 Å². The summed E-state index contributed by atoms with van der Waals surface area (Å²) < 4.78 is 38.5. The molecule has 3 heterocycles. The molecule has 0 saturated carbocycles. The molecule has 4 aromatic rings. The number of primary amides is 1. The predicted molar refractivity (Wildman–Crippen MR) is 128 cm³/mol. The molecule has 0 spiro atoms. The summed E-state index contributed by atoms with van der Waals surface area (Å²) in [6.07, 6.45) is -2.77. The van der Waals surface area contributed by atoms with Crippen molar-refractivity contribution in [1.29, 1.82) is 0 Å². The second-order valence-electron chi connectivity index (χ2n) is 6.98. The molecule has 0 bridgehead atoms. The van der Waals surface area contributed by atoms with Gasteiger partial charge in [0.1, 0.15) is 33.5 Å². The third-order valence-corrected chi connectivity index (χ3v) is 6.46. The van der Waals surface area contributed by atoms with Gasteiger partial charge in [-0.25, -0.2) is 13.8 Å². The second kappa shape index (κ2) is 9.43. The highest BCUT2D eigenvalue weighted by Crippen LogP contribution is 2.38. The van der Waals surface area contributed by atoms with Crippen molar-refractivity contribution in [2.75, 3.05) is 5.32 Å². The number of nitrogens with two attached hydrogens (primary N) is 1. The highest BCUT2D eigenvalue weighted by atomic mass is 127. The smallest absolute Gasteiger partial charge is 0.291 e. The van der Waals surface area contributed by atoms with Crippen LogP contribution in [0.3, 0.4) is 0 Å². The van der Waals surface area contributed by atoms with Gasteiger partial charge in [0.05, 0.1) is 5.69 Å². The number of aromatic nitrogens is 1. The number of rotatable bonds is 7. The average Bonchev–Trinajstić information content (AvgIpc) is 3.38. The third-order valence-electron chi connectivity index (χ3n) is 4.65. The first kappa shape index (κ1) is 23.1. The molecule has 0 fully saturated rings. The Balaban J connectivity index is 1.57. The van der Waals surface area contributed by atoms with Crippen LogP contribution in [-0.2, 0) is 6.61 Å². The molecule has 170 valence electrons. The van der Waals surface area contributed by atoms with E-state index >= 15 is 0 Å². The summed E-state index contributed by atoms with van der Waals surface area (Å²) in [5.74, 6) is -0.378. The van der Waals surface area contributed by atoms with Crippen LogP contribution in [0.4, 0.5) is 14.5 Å². The number of fused-ring (bicyclic) bond motifs is 1. The number of anilines is 1. The van der Waals surface area contributed by atoms with Crippen LogP contribution in [0.25, 0.3) is 10.2 Å². The van der Waals surface area contributed by atoms with E-state index in [1.807, 2.05) is 24.3 Å². The lowest BCUT2D eigenvalue weighted by atomic mass is 10.1. The van der Waals surface area contributed by atoms with Gasteiger partial charge in [-0.1, -0.05) is 0 Å². The van der Waals surface area contributed by atoms with Crippen molar-refractivity contribution < 1.29 is 27.5 Å². The Morgan fingerprint density at radius 2 is 1.97 bits per heavy atom. The summed E-state index contributed by atoms with van der Waals surface area (Å²) in [6.45, 7) is 1.71. The molecule has 1 aromatic carbocycles. The van der Waals surface area contributed by atoms with E-state index in [1.165, 1.54) is 12.1 Å². The third kappa shape index (κ3) is 4.98. The Morgan fingerprint density at radius 3 is 2.64 bits per heavy atom. The van der Waals surface area contributed by atoms with E-state index in [1.54, 1.807) is 13.0 Å². The highest BCUT2D eigenvalue weighted by molar-refractivity contribution is 14.1. The van der Waals surface area contributed by atoms with Crippen LogP contribution in [0.5, 0.6) is 5.75 Å². The van der Waals surface area contributed by atoms with Crippen molar-refractivity contribution in [2.45, 2.75) is 20.0 Å². The first-order chi connectivity index (χ1) is 15.7. The summed E-state index contributed by atoms with van der Waals surface area (Å²) >= 11 is 3.03. The highest BCUT2D eigenvalue weighted by Gasteiger charge is 2.24. The number of nitrogens with one attached hydrogen (secondary N) is 1. The van der Waals surface area contributed by atoms with Crippen LogP contribution >= 0.6 is 33.9 Å². The van der Waals surface area contributed by atoms with E-state index in [9.17, 15) is 18.4 Å². The van der Waals surface area contributed by atoms with Gasteiger partial charge in [0.2, 0.25) is 0 Å². The fraction of sp³-hybridized carbons (Fsp3) is 0.136. The Labute approximate surface area is 204 Å². The first-order valence-corrected chi connectivity index (χ1v) is 11.4. The second-order valence-corrected chi connectivity index (χ2v) is 9.22. The number of carbonyl (C=O) groups excluding carboxylic acids is 2. The lowest BCUT2D eigenvalue weighted by Crippen LogP contribution is -2.16. The van der Waals surface area contributed by atoms with Crippen LogP contribution in [0, 0.1) is 10.5 Å². The molecular formula is C22H16F2IN3O4S. The number of halogens is 3. The minimum absolute atomic E-state index is 0.00851. The van der Waals surface area contributed by atoms with E-state index < -0.39 is 23.9 Å². The SMILES string of the molecule is Cc1cc(C(F)F)nc2sc(C(N)=O)c(NC(=O)c3ccc(COc4ccc(I)cc4)o3)c12. The molecule has 4 rings (SSSR count). The molecule has 0 saturated heterocycles. The van der Waals surface area contributed by atoms with Gasteiger partial charge >= 0.3 is 0 Å². The lowest BCUT2D eigenvalue weighted by molar-refractivity contribution is 0.0992. The molecule has 0 aliphatic rings. The summed E-state index contributed by atoms with van der Waals surface area (Å²) in [6, 6.07) is 11.7. The largest absolute Gasteiger partial charge is 0.486 e. The Hall–Kier alpha value is -3.06. The van der Waals surface area contributed by atoms with E-state index in [0.717, 1.165) is 14.9 Å². The maximum atomic E-state index is 13.1. The number of carbonyl (C=O) groups is 2. The number of amides is 2. The number of hydrogen-bond donors (Lipinski definition) is 2. The van der Waals surface area contributed by atoms with Gasteiger partial charge in [0.15, 0.2) is 5.76 Å². The zero-order valence-electron chi connectivity index (χ0n) is 17.0. The topological polar surface area (TPSA) is 107 Å². The number of thiophene rings is 1. The maximum absolute atomic E-state index is 13.1. The maximum Gasteiger partial charge on any atom is 0.291 e. The molecule has 0 atom stereocenters. The van der Waals surface area contributed by atoms with Crippen molar-refractivity contribution in [3.05, 3.63) is 73.7 Å². The molecular weight excluding hydrogens is 567 g/mol. The molecule has 3 aromatic heterocycles. The number of alkyl halides is 2. The zero-order chi connectivity index (χ0) is 23.7. The van der Waals surface area contributed by atoms with Crippen LogP contribution in [0.2, 0.25) is 0 Å². The number of furan rings is 1. The number of hydrogen-bond acceptors (Lipinski definition) is 6. The molecule has 11 heteroatoms. The Morgan fingerprint density at radius 1 is 1.24 bits per heavy atom. The predicted octanol–water partition coefficient (Wildman–Crippen LogP) is 5.67.